The van der Waals surface area contributed by atoms with Crippen LogP contribution in [0.15, 0.2) is 12.1 Å². The van der Waals surface area contributed by atoms with Crippen molar-refractivity contribution in [2.24, 2.45) is 0 Å². The van der Waals surface area contributed by atoms with Gasteiger partial charge in [0.05, 0.1) is 5.52 Å². The number of hydrogen-bond acceptors (Lipinski definition) is 4. The standard InChI is InChI=1S/C12H13N3O4/c1-6-13-10-8(15(6)12(18)19)4-7(5-9(10)16)11(17)14(2)3/h4-5,16H,1-3H3,(H,18,19). The lowest BCUT2D eigenvalue weighted by atomic mass is 10.1. The third-order valence-electron chi connectivity index (χ3n) is 2.75. The van der Waals surface area contributed by atoms with Gasteiger partial charge in [-0.15, -0.1) is 0 Å². The average molecular weight is 263 g/mol. The van der Waals surface area contributed by atoms with Crippen LogP contribution >= 0.6 is 0 Å². The van der Waals surface area contributed by atoms with Crippen LogP contribution in [0.25, 0.3) is 11.0 Å². The summed E-state index contributed by atoms with van der Waals surface area (Å²) in [5.74, 6) is -0.314. The van der Waals surface area contributed by atoms with Crippen LogP contribution in [-0.4, -0.2) is 50.8 Å². The number of carboxylic acid groups (broad SMARTS) is 1. The molecule has 1 heterocycles. The van der Waals surface area contributed by atoms with E-state index in [1.54, 1.807) is 14.1 Å². The maximum atomic E-state index is 11.9. The SMILES string of the molecule is Cc1nc2c(O)cc(C(=O)N(C)C)cc2n1C(=O)O. The Morgan fingerprint density at radius 1 is 1.32 bits per heavy atom. The number of hydrogen-bond donors (Lipinski definition) is 2. The minimum absolute atomic E-state index is 0.162. The van der Waals surface area contributed by atoms with Crippen LogP contribution in [0.3, 0.4) is 0 Å². The third kappa shape index (κ3) is 1.99. The van der Waals surface area contributed by atoms with Crippen LogP contribution in [0.2, 0.25) is 0 Å². The van der Waals surface area contributed by atoms with Crippen molar-refractivity contribution in [2.45, 2.75) is 6.92 Å². The summed E-state index contributed by atoms with van der Waals surface area (Å²) in [5, 5.41) is 19.0. The highest BCUT2D eigenvalue weighted by Crippen LogP contribution is 2.27. The number of aromatic hydroxyl groups is 1. The molecule has 1 amide bonds. The summed E-state index contributed by atoms with van der Waals surface area (Å²) in [6, 6.07) is 2.69. The highest BCUT2D eigenvalue weighted by Gasteiger charge is 2.19. The van der Waals surface area contributed by atoms with Gasteiger partial charge in [-0.05, 0) is 19.1 Å². The molecular formula is C12H13N3O4. The average Bonchev–Trinajstić information content (AvgIpc) is 2.64. The number of aromatic nitrogens is 2. The Morgan fingerprint density at radius 3 is 2.47 bits per heavy atom. The molecule has 1 aromatic carbocycles. The first-order chi connectivity index (χ1) is 8.82. The van der Waals surface area contributed by atoms with Crippen LogP contribution < -0.4 is 0 Å². The van der Waals surface area contributed by atoms with Gasteiger partial charge in [-0.25, -0.2) is 14.3 Å². The number of fused-ring (bicyclic) bond motifs is 1. The fraction of sp³-hybridized carbons (Fsp3) is 0.250. The molecule has 0 bridgehead atoms. The number of carbonyl (C=O) groups excluding carboxylic acids is 1. The van der Waals surface area contributed by atoms with Gasteiger partial charge in [0.1, 0.15) is 17.1 Å². The molecule has 0 fully saturated rings. The number of rotatable bonds is 1. The minimum Gasteiger partial charge on any atom is -0.506 e. The first kappa shape index (κ1) is 12.9. The van der Waals surface area contributed by atoms with Gasteiger partial charge in [0, 0.05) is 19.7 Å². The predicted molar refractivity (Wildman–Crippen MR) is 67.6 cm³/mol. The summed E-state index contributed by atoms with van der Waals surface area (Å²) in [6.45, 7) is 1.51. The van der Waals surface area contributed by atoms with Gasteiger partial charge in [0.15, 0.2) is 0 Å². The van der Waals surface area contributed by atoms with Crippen LogP contribution in [0.1, 0.15) is 16.2 Å². The van der Waals surface area contributed by atoms with E-state index in [2.05, 4.69) is 4.98 Å². The van der Waals surface area contributed by atoms with Crippen molar-refractivity contribution in [3.8, 4) is 5.75 Å². The fourth-order valence-electron chi connectivity index (χ4n) is 1.90. The number of carbonyl (C=O) groups is 2. The zero-order valence-electron chi connectivity index (χ0n) is 10.7. The zero-order chi connectivity index (χ0) is 14.3. The van der Waals surface area contributed by atoms with Crippen LogP contribution in [0.5, 0.6) is 5.75 Å². The molecule has 7 heteroatoms. The van der Waals surface area contributed by atoms with Crippen LogP contribution in [-0.2, 0) is 0 Å². The highest BCUT2D eigenvalue weighted by atomic mass is 16.4. The van der Waals surface area contributed by atoms with Crippen molar-refractivity contribution in [1.82, 2.24) is 14.5 Å². The molecule has 2 aromatic rings. The summed E-state index contributed by atoms with van der Waals surface area (Å²) in [5.41, 5.74) is 0.558. The van der Waals surface area contributed by atoms with Crippen molar-refractivity contribution in [3.05, 3.63) is 23.5 Å². The fourth-order valence-corrected chi connectivity index (χ4v) is 1.90. The maximum absolute atomic E-state index is 11.9. The molecular weight excluding hydrogens is 250 g/mol. The number of phenolic OH excluding ortho intramolecular Hbond substituents is 1. The predicted octanol–water partition coefficient (Wildman–Crippen LogP) is 1.28. The van der Waals surface area contributed by atoms with E-state index in [9.17, 15) is 14.7 Å². The summed E-state index contributed by atoms with van der Waals surface area (Å²) in [4.78, 5) is 28.4. The molecule has 0 saturated carbocycles. The molecule has 0 radical (unpaired) electrons. The molecule has 0 atom stereocenters. The second kappa shape index (κ2) is 4.27. The van der Waals surface area contributed by atoms with E-state index in [0.29, 0.717) is 0 Å². The monoisotopic (exact) mass is 263 g/mol. The van der Waals surface area contributed by atoms with Gasteiger partial charge in [0.25, 0.3) is 5.91 Å². The first-order valence-corrected chi connectivity index (χ1v) is 5.50. The van der Waals surface area contributed by atoms with Crippen molar-refractivity contribution >= 4 is 23.0 Å². The highest BCUT2D eigenvalue weighted by molar-refractivity contribution is 6.00. The molecule has 7 nitrogen and oxygen atoms in total. The lowest BCUT2D eigenvalue weighted by molar-refractivity contribution is 0.0827. The smallest absolute Gasteiger partial charge is 0.417 e. The van der Waals surface area contributed by atoms with E-state index >= 15 is 0 Å². The van der Waals surface area contributed by atoms with Gasteiger partial charge in [-0.1, -0.05) is 0 Å². The van der Waals surface area contributed by atoms with Crippen molar-refractivity contribution < 1.29 is 19.8 Å². The van der Waals surface area contributed by atoms with Gasteiger partial charge >= 0.3 is 6.09 Å². The summed E-state index contributed by atoms with van der Waals surface area (Å²) in [7, 11) is 3.15. The summed E-state index contributed by atoms with van der Waals surface area (Å²) < 4.78 is 0.932. The second-order valence-electron chi connectivity index (χ2n) is 4.34. The summed E-state index contributed by atoms with van der Waals surface area (Å²) in [6.07, 6.45) is -1.21. The Balaban J connectivity index is 2.77. The second-order valence-corrected chi connectivity index (χ2v) is 4.34. The van der Waals surface area contributed by atoms with Gasteiger partial charge in [-0.2, -0.15) is 0 Å². The normalized spacial score (nSPS) is 10.7. The van der Waals surface area contributed by atoms with E-state index < -0.39 is 6.09 Å². The van der Waals surface area contributed by atoms with E-state index in [4.69, 9.17) is 5.11 Å². The Hall–Kier alpha value is -2.57. The van der Waals surface area contributed by atoms with Crippen molar-refractivity contribution in [2.75, 3.05) is 14.1 Å². The van der Waals surface area contributed by atoms with Gasteiger partial charge in [0.2, 0.25) is 0 Å². The number of amides is 1. The molecule has 19 heavy (non-hydrogen) atoms. The molecule has 0 aliphatic heterocycles. The Labute approximate surface area is 108 Å². The molecule has 0 saturated heterocycles. The maximum Gasteiger partial charge on any atom is 0.417 e. The first-order valence-electron chi connectivity index (χ1n) is 5.50. The molecule has 2 N–H and O–H groups in total. The van der Waals surface area contributed by atoms with Crippen molar-refractivity contribution in [3.63, 3.8) is 0 Å². The lowest BCUT2D eigenvalue weighted by Gasteiger charge is -2.10. The van der Waals surface area contributed by atoms with Crippen LogP contribution in [0.4, 0.5) is 4.79 Å². The number of phenols is 1. The number of imidazole rings is 1. The lowest BCUT2D eigenvalue weighted by Crippen LogP contribution is -2.21. The van der Waals surface area contributed by atoms with E-state index in [0.717, 1.165) is 4.57 Å². The Kier molecular flexibility index (Phi) is 2.89. The number of nitrogens with zero attached hydrogens (tertiary/aromatic N) is 3. The molecule has 1 aromatic heterocycles. The van der Waals surface area contributed by atoms with E-state index in [-0.39, 0.29) is 34.1 Å². The third-order valence-corrected chi connectivity index (χ3v) is 2.75. The van der Waals surface area contributed by atoms with E-state index in [1.165, 1.54) is 24.0 Å². The number of aryl methyl sites for hydroxylation is 1. The molecule has 100 valence electrons. The quantitative estimate of drug-likeness (QED) is 0.808. The Bertz CT molecular complexity index is 688. The topological polar surface area (TPSA) is 95.7 Å². The largest absolute Gasteiger partial charge is 0.506 e. The zero-order valence-corrected chi connectivity index (χ0v) is 10.7. The molecule has 0 unspecified atom stereocenters. The molecule has 0 aliphatic rings. The van der Waals surface area contributed by atoms with E-state index in [1.807, 2.05) is 0 Å². The number of benzene rings is 1. The summed E-state index contributed by atoms with van der Waals surface area (Å²) >= 11 is 0. The molecule has 0 aliphatic carbocycles. The van der Waals surface area contributed by atoms with Crippen molar-refractivity contribution in [1.29, 1.82) is 0 Å². The minimum atomic E-state index is -1.21. The van der Waals surface area contributed by atoms with Gasteiger partial charge < -0.3 is 15.1 Å². The van der Waals surface area contributed by atoms with Gasteiger partial charge in [-0.3, -0.25) is 4.79 Å². The molecule has 0 spiro atoms. The molecule has 2 rings (SSSR count). The van der Waals surface area contributed by atoms with Crippen LogP contribution in [0, 0.1) is 6.92 Å². The Morgan fingerprint density at radius 2 is 1.95 bits per heavy atom.